The summed E-state index contributed by atoms with van der Waals surface area (Å²) in [4.78, 5) is 0.281. The van der Waals surface area contributed by atoms with Crippen molar-refractivity contribution in [3.63, 3.8) is 0 Å². The molecule has 3 N–H and O–H groups in total. The predicted molar refractivity (Wildman–Crippen MR) is 76.6 cm³/mol. The highest BCUT2D eigenvalue weighted by Crippen LogP contribution is 2.24. The number of nitrogens with two attached hydrogens (primary N) is 1. The zero-order valence-corrected chi connectivity index (χ0v) is 12.5. The smallest absolute Gasteiger partial charge is 0.241 e. The molecule has 0 radical (unpaired) electrons. The van der Waals surface area contributed by atoms with Gasteiger partial charge in [-0.15, -0.1) is 0 Å². The molecule has 0 saturated carbocycles. The Kier molecular flexibility index (Phi) is 5.78. The van der Waals surface area contributed by atoms with E-state index < -0.39 is 10.0 Å². The molecular weight excluding hydrogens is 264 g/mol. The van der Waals surface area contributed by atoms with Gasteiger partial charge in [0, 0.05) is 25.4 Å². The van der Waals surface area contributed by atoms with E-state index in [1.165, 1.54) is 0 Å². The van der Waals surface area contributed by atoms with Crippen molar-refractivity contribution in [3.8, 4) is 0 Å². The van der Waals surface area contributed by atoms with Crippen molar-refractivity contribution in [2.45, 2.75) is 32.1 Å². The Labute approximate surface area is 115 Å². The van der Waals surface area contributed by atoms with Crippen LogP contribution in [0.5, 0.6) is 0 Å². The minimum Gasteiger partial charge on any atom is -0.398 e. The van der Waals surface area contributed by atoms with Crippen LogP contribution in [-0.4, -0.2) is 28.2 Å². The molecule has 108 valence electrons. The van der Waals surface area contributed by atoms with Gasteiger partial charge in [0.25, 0.3) is 0 Å². The first-order valence-corrected chi connectivity index (χ1v) is 7.81. The summed E-state index contributed by atoms with van der Waals surface area (Å²) in [5, 5.41) is 0. The summed E-state index contributed by atoms with van der Waals surface area (Å²) in [6.07, 6.45) is 0.646. The van der Waals surface area contributed by atoms with Crippen molar-refractivity contribution in [2.75, 3.05) is 25.5 Å². The Morgan fingerprint density at radius 2 is 2.00 bits per heavy atom. The van der Waals surface area contributed by atoms with Gasteiger partial charge in [0.1, 0.15) is 0 Å². The number of nitrogens with one attached hydrogen (secondary N) is 1. The van der Waals surface area contributed by atoms with E-state index in [1.807, 2.05) is 6.92 Å². The lowest BCUT2D eigenvalue weighted by Crippen LogP contribution is -2.27. The van der Waals surface area contributed by atoms with E-state index in [2.05, 4.69) is 4.72 Å². The third-order valence-electron chi connectivity index (χ3n) is 2.88. The number of hydrogen-bond donors (Lipinski definition) is 2. The molecule has 0 fully saturated rings. The summed E-state index contributed by atoms with van der Waals surface area (Å²) in [5.41, 5.74) is 7.55. The van der Waals surface area contributed by atoms with Crippen LogP contribution in [0.4, 0.5) is 5.69 Å². The molecule has 0 heterocycles. The summed E-state index contributed by atoms with van der Waals surface area (Å²) in [7, 11) is -3.52. The fraction of sp³-hybridized carbons (Fsp3) is 0.538. The van der Waals surface area contributed by atoms with Crippen molar-refractivity contribution in [1.29, 1.82) is 0 Å². The Balaban J connectivity index is 2.81. The molecule has 6 heteroatoms. The van der Waals surface area contributed by atoms with Crippen molar-refractivity contribution in [3.05, 3.63) is 23.3 Å². The van der Waals surface area contributed by atoms with Gasteiger partial charge in [-0.2, -0.15) is 0 Å². The predicted octanol–water partition coefficient (Wildman–Crippen LogP) is 1.59. The van der Waals surface area contributed by atoms with E-state index in [9.17, 15) is 8.42 Å². The monoisotopic (exact) mass is 286 g/mol. The Bertz CT molecular complexity index is 527. The highest BCUT2D eigenvalue weighted by Gasteiger charge is 2.20. The van der Waals surface area contributed by atoms with Gasteiger partial charge in [0.2, 0.25) is 10.0 Å². The zero-order valence-electron chi connectivity index (χ0n) is 11.7. The summed E-state index contributed by atoms with van der Waals surface area (Å²) < 4.78 is 32.2. The lowest BCUT2D eigenvalue weighted by Gasteiger charge is -2.13. The molecule has 0 aliphatic carbocycles. The summed E-state index contributed by atoms with van der Waals surface area (Å²) in [6.45, 7) is 6.94. The lowest BCUT2D eigenvalue weighted by atomic mass is 10.1. The Morgan fingerprint density at radius 3 is 2.63 bits per heavy atom. The summed E-state index contributed by atoms with van der Waals surface area (Å²) >= 11 is 0. The molecule has 0 aromatic heterocycles. The Hall–Kier alpha value is -1.11. The molecule has 0 amide bonds. The number of sulfonamides is 1. The van der Waals surface area contributed by atoms with Crippen molar-refractivity contribution in [1.82, 2.24) is 4.72 Å². The fourth-order valence-electron chi connectivity index (χ4n) is 1.85. The maximum atomic E-state index is 12.3. The maximum Gasteiger partial charge on any atom is 0.241 e. The van der Waals surface area contributed by atoms with E-state index >= 15 is 0 Å². The van der Waals surface area contributed by atoms with Gasteiger partial charge in [-0.05, 0) is 44.4 Å². The second-order valence-electron chi connectivity index (χ2n) is 4.37. The molecule has 5 nitrogen and oxygen atoms in total. The number of nitrogen functional groups attached to an aromatic ring is 1. The largest absolute Gasteiger partial charge is 0.398 e. The number of anilines is 1. The zero-order chi connectivity index (χ0) is 14.5. The maximum absolute atomic E-state index is 12.3. The van der Waals surface area contributed by atoms with E-state index in [0.717, 1.165) is 0 Å². The van der Waals surface area contributed by atoms with Gasteiger partial charge in [0.05, 0.1) is 4.90 Å². The van der Waals surface area contributed by atoms with Crippen molar-refractivity contribution in [2.24, 2.45) is 0 Å². The first-order valence-electron chi connectivity index (χ1n) is 6.33. The number of ether oxygens (including phenoxy) is 1. The van der Waals surface area contributed by atoms with Gasteiger partial charge < -0.3 is 10.5 Å². The first-order chi connectivity index (χ1) is 8.90. The molecule has 1 rings (SSSR count). The third kappa shape index (κ3) is 4.19. The molecule has 0 aliphatic heterocycles. The highest BCUT2D eigenvalue weighted by atomic mass is 32.2. The normalized spacial score (nSPS) is 11.7. The summed E-state index contributed by atoms with van der Waals surface area (Å²) in [6, 6.07) is 3.44. The standard InChI is InChI=1S/C13H22N2O3S/c1-4-18-9-5-8-15-19(16,17)13-10(2)6-7-12(14)11(13)3/h6-7,15H,4-5,8-9,14H2,1-3H3. The van der Waals surface area contributed by atoms with Crippen molar-refractivity contribution < 1.29 is 13.2 Å². The van der Waals surface area contributed by atoms with Crippen LogP contribution in [0.2, 0.25) is 0 Å². The van der Waals surface area contributed by atoms with E-state index in [4.69, 9.17) is 10.5 Å². The molecule has 0 bridgehead atoms. The highest BCUT2D eigenvalue weighted by molar-refractivity contribution is 7.89. The van der Waals surface area contributed by atoms with Gasteiger partial charge in [-0.3, -0.25) is 0 Å². The number of benzene rings is 1. The van der Waals surface area contributed by atoms with E-state index in [0.29, 0.717) is 43.0 Å². The molecule has 0 saturated heterocycles. The van der Waals surface area contributed by atoms with Crippen molar-refractivity contribution >= 4 is 15.7 Å². The summed E-state index contributed by atoms with van der Waals surface area (Å²) in [5.74, 6) is 0. The average Bonchev–Trinajstić information content (AvgIpc) is 2.34. The van der Waals surface area contributed by atoms with Gasteiger partial charge in [-0.1, -0.05) is 6.07 Å². The van der Waals surface area contributed by atoms with Crippen LogP contribution >= 0.6 is 0 Å². The van der Waals surface area contributed by atoms with Crippen LogP contribution in [0.3, 0.4) is 0 Å². The van der Waals surface area contributed by atoms with E-state index in [1.54, 1.807) is 26.0 Å². The minimum absolute atomic E-state index is 0.281. The van der Waals surface area contributed by atoms with Gasteiger partial charge in [0.15, 0.2) is 0 Å². The quantitative estimate of drug-likeness (QED) is 0.589. The fourth-order valence-corrected chi connectivity index (χ4v) is 3.42. The van der Waals surface area contributed by atoms with Crippen LogP contribution in [0.15, 0.2) is 17.0 Å². The molecule has 1 aromatic carbocycles. The molecule has 0 aliphatic rings. The first kappa shape index (κ1) is 15.9. The second-order valence-corrected chi connectivity index (χ2v) is 6.08. The number of hydrogen-bond acceptors (Lipinski definition) is 4. The average molecular weight is 286 g/mol. The van der Waals surface area contributed by atoms with Gasteiger partial charge in [-0.25, -0.2) is 13.1 Å². The van der Waals surface area contributed by atoms with Crippen LogP contribution in [0, 0.1) is 13.8 Å². The Morgan fingerprint density at radius 1 is 1.32 bits per heavy atom. The molecule has 1 aromatic rings. The third-order valence-corrected chi connectivity index (χ3v) is 4.62. The molecule has 19 heavy (non-hydrogen) atoms. The second kappa shape index (κ2) is 6.88. The molecule has 0 unspecified atom stereocenters. The van der Waals surface area contributed by atoms with Crippen LogP contribution in [0.25, 0.3) is 0 Å². The molecule has 0 spiro atoms. The topological polar surface area (TPSA) is 81.4 Å². The SMILES string of the molecule is CCOCCCNS(=O)(=O)c1c(C)ccc(N)c1C. The van der Waals surface area contributed by atoms with Gasteiger partial charge >= 0.3 is 0 Å². The molecular formula is C13H22N2O3S. The van der Waals surface area contributed by atoms with E-state index in [-0.39, 0.29) is 4.90 Å². The van der Waals surface area contributed by atoms with Crippen LogP contribution in [0.1, 0.15) is 24.5 Å². The van der Waals surface area contributed by atoms with Crippen LogP contribution < -0.4 is 10.5 Å². The number of aryl methyl sites for hydroxylation is 1. The van der Waals surface area contributed by atoms with Crippen LogP contribution in [-0.2, 0) is 14.8 Å². The lowest BCUT2D eigenvalue weighted by molar-refractivity contribution is 0.146. The molecule has 0 atom stereocenters. The minimum atomic E-state index is -3.52. The number of rotatable bonds is 7.